The lowest BCUT2D eigenvalue weighted by Gasteiger charge is -2.32. The number of anilines is 3. The van der Waals surface area contributed by atoms with Crippen molar-refractivity contribution in [1.82, 2.24) is 9.97 Å². The highest BCUT2D eigenvalue weighted by atomic mass is 19.4. The molecule has 1 aromatic heterocycles. The molecule has 0 saturated carbocycles. The molecule has 4 rings (SSSR count). The lowest BCUT2D eigenvalue weighted by Crippen LogP contribution is -2.52. The summed E-state index contributed by atoms with van der Waals surface area (Å²) in [6, 6.07) is 7.17. The summed E-state index contributed by atoms with van der Waals surface area (Å²) in [4.78, 5) is 19.7. The highest BCUT2D eigenvalue weighted by molar-refractivity contribution is 6.04. The van der Waals surface area contributed by atoms with E-state index in [0.717, 1.165) is 30.6 Å². The lowest BCUT2D eigenvalue weighted by molar-refractivity contribution is -0.173. The molecule has 1 aliphatic heterocycles. The Labute approximate surface area is 177 Å². The van der Waals surface area contributed by atoms with Gasteiger partial charge in [0.05, 0.1) is 30.9 Å². The molecule has 166 valence electrons. The first-order valence-corrected chi connectivity index (χ1v) is 9.03. The topological polar surface area (TPSA) is 88.2 Å². The van der Waals surface area contributed by atoms with Crippen molar-refractivity contribution in [2.24, 2.45) is 0 Å². The zero-order valence-corrected chi connectivity index (χ0v) is 16.2. The van der Waals surface area contributed by atoms with Crippen molar-refractivity contribution in [3.05, 3.63) is 71.7 Å². The Morgan fingerprint density at radius 1 is 1.03 bits per heavy atom. The summed E-state index contributed by atoms with van der Waals surface area (Å²) in [5, 5.41) is 6.86. The van der Waals surface area contributed by atoms with Gasteiger partial charge < -0.3 is 20.7 Å². The molecule has 32 heavy (non-hydrogen) atoms. The molecule has 0 saturated heterocycles. The Hall–Kier alpha value is -3.96. The number of carbonyl (C=O) groups excluding carboxylic acids is 1. The van der Waals surface area contributed by atoms with Gasteiger partial charge in [-0.25, -0.2) is 13.8 Å². The van der Waals surface area contributed by atoms with E-state index in [2.05, 4.69) is 25.9 Å². The molecular formula is C20H14F5N5O2. The molecule has 2 heterocycles. The number of nitrogens with one attached hydrogen (secondary N) is 3. The van der Waals surface area contributed by atoms with E-state index >= 15 is 0 Å². The highest BCUT2D eigenvalue weighted by Gasteiger charge is 2.61. The predicted molar refractivity (Wildman–Crippen MR) is 104 cm³/mol. The van der Waals surface area contributed by atoms with E-state index in [0.29, 0.717) is 5.75 Å². The number of carbonyl (C=O) groups is 1. The van der Waals surface area contributed by atoms with Gasteiger partial charge in [0.15, 0.2) is 5.82 Å². The third kappa shape index (κ3) is 3.53. The van der Waals surface area contributed by atoms with E-state index in [9.17, 15) is 26.7 Å². The van der Waals surface area contributed by atoms with Gasteiger partial charge in [-0.2, -0.15) is 13.2 Å². The van der Waals surface area contributed by atoms with Crippen molar-refractivity contribution < 1.29 is 31.5 Å². The number of rotatable bonds is 4. The molecule has 12 heteroatoms. The van der Waals surface area contributed by atoms with Crippen molar-refractivity contribution in [2.75, 3.05) is 23.1 Å². The van der Waals surface area contributed by atoms with E-state index < -0.39 is 40.6 Å². The second kappa shape index (κ2) is 7.62. The number of amides is 1. The zero-order chi connectivity index (χ0) is 23.1. The first-order valence-electron chi connectivity index (χ1n) is 9.03. The minimum Gasteiger partial charge on any atom is -0.497 e. The largest absolute Gasteiger partial charge is 0.497 e. The van der Waals surface area contributed by atoms with Crippen molar-refractivity contribution >= 4 is 23.1 Å². The van der Waals surface area contributed by atoms with Crippen molar-refractivity contribution in [1.29, 1.82) is 0 Å². The van der Waals surface area contributed by atoms with Crippen molar-refractivity contribution in [2.45, 2.75) is 11.8 Å². The number of benzene rings is 2. The minimum atomic E-state index is -4.85. The van der Waals surface area contributed by atoms with Crippen LogP contribution in [0.2, 0.25) is 0 Å². The second-order valence-electron chi connectivity index (χ2n) is 6.75. The van der Waals surface area contributed by atoms with Gasteiger partial charge in [0.2, 0.25) is 0 Å². The van der Waals surface area contributed by atoms with Crippen LogP contribution >= 0.6 is 0 Å². The van der Waals surface area contributed by atoms with E-state index in [1.165, 1.54) is 25.3 Å². The maximum atomic E-state index is 14.1. The van der Waals surface area contributed by atoms with E-state index in [1.54, 1.807) is 0 Å². The van der Waals surface area contributed by atoms with Crippen molar-refractivity contribution in [3.8, 4) is 5.75 Å². The third-order valence-corrected chi connectivity index (χ3v) is 4.76. The molecule has 0 spiro atoms. The fraction of sp³-hybridized carbons (Fsp3) is 0.150. The molecular weight excluding hydrogens is 437 g/mol. The lowest BCUT2D eigenvalue weighted by atomic mass is 10.1. The highest BCUT2D eigenvalue weighted by Crippen LogP contribution is 2.48. The number of halogens is 5. The third-order valence-electron chi connectivity index (χ3n) is 4.76. The molecule has 0 fully saturated rings. The molecule has 0 radical (unpaired) electrons. The zero-order valence-electron chi connectivity index (χ0n) is 16.2. The van der Waals surface area contributed by atoms with Gasteiger partial charge in [-0.15, -0.1) is 0 Å². The smallest absolute Gasteiger partial charge is 0.436 e. The maximum Gasteiger partial charge on any atom is 0.436 e. The molecule has 1 atom stereocenters. The predicted octanol–water partition coefficient (Wildman–Crippen LogP) is 4.27. The van der Waals surface area contributed by atoms with Crippen LogP contribution in [-0.4, -0.2) is 29.2 Å². The van der Waals surface area contributed by atoms with Crippen molar-refractivity contribution in [3.63, 3.8) is 0 Å². The normalized spacial score (nSPS) is 17.2. The molecule has 1 unspecified atom stereocenters. The van der Waals surface area contributed by atoms with Gasteiger partial charge in [-0.1, -0.05) is 6.07 Å². The number of aromatic nitrogens is 2. The number of hydrogen-bond acceptors (Lipinski definition) is 6. The van der Waals surface area contributed by atoms with Crippen LogP contribution < -0.4 is 20.7 Å². The Morgan fingerprint density at radius 3 is 2.31 bits per heavy atom. The van der Waals surface area contributed by atoms with Gasteiger partial charge >= 0.3 is 6.18 Å². The average Bonchev–Trinajstić information content (AvgIpc) is 3.14. The number of alkyl halides is 3. The van der Waals surface area contributed by atoms with Crippen LogP contribution in [0, 0.1) is 11.6 Å². The Bertz CT molecular complexity index is 1170. The molecule has 1 aliphatic rings. The van der Waals surface area contributed by atoms with Crippen LogP contribution in [-0.2, 0) is 5.66 Å². The van der Waals surface area contributed by atoms with Crippen LogP contribution in [0.15, 0.2) is 48.8 Å². The molecule has 0 bridgehead atoms. The quantitative estimate of drug-likeness (QED) is 0.514. The monoisotopic (exact) mass is 451 g/mol. The summed E-state index contributed by atoms with van der Waals surface area (Å²) in [5.41, 5.74) is -3.90. The van der Waals surface area contributed by atoms with Gasteiger partial charge in [-0.3, -0.25) is 9.78 Å². The fourth-order valence-corrected chi connectivity index (χ4v) is 3.19. The van der Waals surface area contributed by atoms with E-state index in [4.69, 9.17) is 4.74 Å². The molecule has 7 nitrogen and oxygen atoms in total. The minimum absolute atomic E-state index is 0.135. The van der Waals surface area contributed by atoms with Crippen LogP contribution in [0.5, 0.6) is 5.75 Å². The number of methoxy groups -OCH3 is 1. The van der Waals surface area contributed by atoms with Gasteiger partial charge in [-0.05, 0) is 24.3 Å². The van der Waals surface area contributed by atoms with Crippen LogP contribution in [0.4, 0.5) is 39.1 Å². The van der Waals surface area contributed by atoms with Gasteiger partial charge in [0.25, 0.3) is 11.6 Å². The second-order valence-corrected chi connectivity index (χ2v) is 6.75. The molecule has 1 amide bonds. The van der Waals surface area contributed by atoms with Crippen LogP contribution in [0.25, 0.3) is 0 Å². The summed E-state index contributed by atoms with van der Waals surface area (Å²) in [5.74, 6) is -3.31. The van der Waals surface area contributed by atoms with Gasteiger partial charge in [0, 0.05) is 6.07 Å². The summed E-state index contributed by atoms with van der Waals surface area (Å²) < 4.78 is 74.8. The maximum absolute atomic E-state index is 14.1. The number of ether oxygens (including phenoxy) is 1. The molecule has 2 aromatic carbocycles. The Kier molecular flexibility index (Phi) is 5.07. The number of nitrogens with zero attached hydrogens (tertiary/aromatic N) is 2. The van der Waals surface area contributed by atoms with E-state index in [1.807, 2.05) is 0 Å². The molecule has 3 aromatic rings. The van der Waals surface area contributed by atoms with Crippen LogP contribution in [0.3, 0.4) is 0 Å². The molecule has 0 aliphatic carbocycles. The van der Waals surface area contributed by atoms with Crippen LogP contribution in [0.1, 0.15) is 16.1 Å². The Morgan fingerprint density at radius 2 is 1.72 bits per heavy atom. The fourth-order valence-electron chi connectivity index (χ4n) is 3.19. The summed E-state index contributed by atoms with van der Waals surface area (Å²) in [7, 11) is 1.38. The first-order chi connectivity index (χ1) is 15.1. The number of hydrogen-bond donors (Lipinski definition) is 3. The number of fused-ring (bicyclic) bond motifs is 1. The summed E-state index contributed by atoms with van der Waals surface area (Å²) in [6.07, 6.45) is -3.20. The summed E-state index contributed by atoms with van der Waals surface area (Å²) >= 11 is 0. The Balaban J connectivity index is 1.62. The molecule has 3 N–H and O–H groups in total. The van der Waals surface area contributed by atoms with E-state index in [-0.39, 0.29) is 17.2 Å². The summed E-state index contributed by atoms with van der Waals surface area (Å²) in [6.45, 7) is 0. The first kappa shape index (κ1) is 21.3. The van der Waals surface area contributed by atoms with Gasteiger partial charge in [0.1, 0.15) is 28.6 Å². The average molecular weight is 451 g/mol. The standard InChI is InChI=1S/C20H14F5N5O2/c1-32-10-5-6-13-14(7-10)30-19(29-13,20(23,24)25)15-8-27-16(9-26-15)28-18(31)17-11(21)3-2-4-12(17)22/h2-9,29-30H,1H3,(H,27,28,31). The SMILES string of the molecule is COc1ccc2c(c1)NC(c1cnc(NC(=O)c3c(F)cccc3F)cn1)(C(F)(F)F)N2.